The van der Waals surface area contributed by atoms with Crippen molar-refractivity contribution in [3.8, 4) is 6.07 Å². The quantitative estimate of drug-likeness (QED) is 0.908. The highest BCUT2D eigenvalue weighted by Crippen LogP contribution is 2.26. The van der Waals surface area contributed by atoms with Crippen molar-refractivity contribution in [3.63, 3.8) is 0 Å². The zero-order chi connectivity index (χ0) is 13.2. The van der Waals surface area contributed by atoms with E-state index in [1.165, 1.54) is 12.1 Å². The molecule has 1 fully saturated rings. The second-order valence-electron chi connectivity index (χ2n) is 4.78. The van der Waals surface area contributed by atoms with Gasteiger partial charge in [-0.2, -0.15) is 5.26 Å². The van der Waals surface area contributed by atoms with Crippen LogP contribution in [0.25, 0.3) is 0 Å². The normalized spacial score (nSPS) is 23.8. The second kappa shape index (κ2) is 5.09. The van der Waals surface area contributed by atoms with Gasteiger partial charge in [-0.3, -0.25) is 0 Å². The summed E-state index contributed by atoms with van der Waals surface area (Å²) in [5.41, 5.74) is 0.359. The van der Waals surface area contributed by atoms with Crippen LogP contribution in [0.2, 0.25) is 0 Å². The monoisotopic (exact) mass is 264 g/mol. The van der Waals surface area contributed by atoms with Crippen LogP contribution >= 0.6 is 0 Å². The van der Waals surface area contributed by atoms with Crippen LogP contribution in [0.1, 0.15) is 31.7 Å². The van der Waals surface area contributed by atoms with Crippen LogP contribution in [-0.2, 0) is 10.0 Å². The van der Waals surface area contributed by atoms with E-state index < -0.39 is 10.0 Å². The van der Waals surface area contributed by atoms with Crippen molar-refractivity contribution in [1.82, 2.24) is 4.72 Å². The van der Waals surface area contributed by atoms with Crippen molar-refractivity contribution in [2.75, 3.05) is 0 Å². The smallest absolute Gasteiger partial charge is 0.208 e. The molecule has 0 radical (unpaired) electrons. The van der Waals surface area contributed by atoms with Gasteiger partial charge in [0.05, 0.1) is 16.5 Å². The van der Waals surface area contributed by atoms with Crippen molar-refractivity contribution >= 4 is 10.0 Å². The second-order valence-corrected chi connectivity index (χ2v) is 6.49. The lowest BCUT2D eigenvalue weighted by Crippen LogP contribution is -2.36. The molecule has 2 unspecified atom stereocenters. The molecule has 0 heterocycles. The lowest BCUT2D eigenvalue weighted by atomic mass is 10.1. The molecule has 2 rings (SSSR count). The van der Waals surface area contributed by atoms with Gasteiger partial charge in [0, 0.05) is 6.04 Å². The van der Waals surface area contributed by atoms with Crippen LogP contribution in [0.3, 0.4) is 0 Å². The van der Waals surface area contributed by atoms with Crippen LogP contribution in [0.5, 0.6) is 0 Å². The van der Waals surface area contributed by atoms with Gasteiger partial charge in [-0.05, 0) is 37.0 Å². The number of hydrogen-bond donors (Lipinski definition) is 1. The average molecular weight is 264 g/mol. The molecule has 0 spiro atoms. The van der Waals surface area contributed by atoms with Gasteiger partial charge < -0.3 is 0 Å². The molecule has 1 saturated carbocycles. The summed E-state index contributed by atoms with van der Waals surface area (Å²) < 4.78 is 27.1. The average Bonchev–Trinajstić information content (AvgIpc) is 2.74. The van der Waals surface area contributed by atoms with Gasteiger partial charge in [0.2, 0.25) is 10.0 Å². The Balaban J connectivity index is 2.22. The third kappa shape index (κ3) is 2.71. The SMILES string of the molecule is CC1CCCC1NS(=O)(=O)c1cccc(C#N)c1. The molecule has 1 aliphatic rings. The summed E-state index contributed by atoms with van der Waals surface area (Å²) in [5, 5.41) is 8.79. The highest BCUT2D eigenvalue weighted by molar-refractivity contribution is 7.89. The zero-order valence-electron chi connectivity index (χ0n) is 10.3. The maximum atomic E-state index is 12.2. The largest absolute Gasteiger partial charge is 0.240 e. The standard InChI is InChI=1S/C13H16N2O2S/c1-10-4-2-7-13(10)15-18(16,17)12-6-3-5-11(8-12)9-14/h3,5-6,8,10,13,15H,2,4,7H2,1H3. The molecular weight excluding hydrogens is 248 g/mol. The molecule has 0 bridgehead atoms. The van der Waals surface area contributed by atoms with E-state index in [9.17, 15) is 8.42 Å². The first-order valence-electron chi connectivity index (χ1n) is 6.05. The summed E-state index contributed by atoms with van der Waals surface area (Å²) in [6.45, 7) is 2.06. The fourth-order valence-electron chi connectivity index (χ4n) is 2.32. The number of rotatable bonds is 3. The van der Waals surface area contributed by atoms with Crippen molar-refractivity contribution in [2.24, 2.45) is 5.92 Å². The maximum Gasteiger partial charge on any atom is 0.240 e. The predicted molar refractivity (Wildman–Crippen MR) is 68.3 cm³/mol. The zero-order valence-corrected chi connectivity index (χ0v) is 11.1. The molecule has 4 nitrogen and oxygen atoms in total. The van der Waals surface area contributed by atoms with Crippen LogP contribution in [0.4, 0.5) is 0 Å². The fourth-order valence-corrected chi connectivity index (χ4v) is 3.75. The number of benzene rings is 1. The number of sulfonamides is 1. The molecule has 1 aliphatic carbocycles. The van der Waals surface area contributed by atoms with E-state index in [1.807, 2.05) is 6.07 Å². The van der Waals surface area contributed by atoms with Gasteiger partial charge in [0.25, 0.3) is 0 Å². The van der Waals surface area contributed by atoms with Crippen molar-refractivity contribution in [2.45, 2.75) is 37.1 Å². The Hall–Kier alpha value is -1.38. The Morgan fingerprint density at radius 3 is 2.78 bits per heavy atom. The summed E-state index contributed by atoms with van der Waals surface area (Å²) in [4.78, 5) is 0.167. The first kappa shape index (κ1) is 13.1. The molecule has 1 aromatic rings. The van der Waals surface area contributed by atoms with E-state index in [1.54, 1.807) is 12.1 Å². The Morgan fingerprint density at radius 2 is 2.17 bits per heavy atom. The van der Waals surface area contributed by atoms with E-state index in [-0.39, 0.29) is 10.9 Å². The van der Waals surface area contributed by atoms with Gasteiger partial charge in [-0.1, -0.05) is 19.4 Å². The van der Waals surface area contributed by atoms with Crippen molar-refractivity contribution in [3.05, 3.63) is 29.8 Å². The van der Waals surface area contributed by atoms with Crippen LogP contribution in [0.15, 0.2) is 29.2 Å². The van der Waals surface area contributed by atoms with Gasteiger partial charge in [0.15, 0.2) is 0 Å². The predicted octanol–water partition coefficient (Wildman–Crippen LogP) is 2.03. The molecule has 1 N–H and O–H groups in total. The third-order valence-electron chi connectivity index (χ3n) is 3.44. The minimum absolute atomic E-state index is 0.0146. The lowest BCUT2D eigenvalue weighted by Gasteiger charge is -2.17. The number of nitrogens with zero attached hydrogens (tertiary/aromatic N) is 1. The summed E-state index contributed by atoms with van der Waals surface area (Å²) >= 11 is 0. The van der Waals surface area contributed by atoms with E-state index in [2.05, 4.69) is 11.6 Å². The molecule has 2 atom stereocenters. The molecule has 0 aromatic heterocycles. The van der Waals surface area contributed by atoms with Gasteiger partial charge in [-0.15, -0.1) is 0 Å². The molecule has 1 aromatic carbocycles. The summed E-state index contributed by atoms with van der Waals surface area (Å²) in [6.07, 6.45) is 3.01. The van der Waals surface area contributed by atoms with Gasteiger partial charge in [0.1, 0.15) is 0 Å². The van der Waals surface area contributed by atoms with Crippen LogP contribution in [-0.4, -0.2) is 14.5 Å². The molecular formula is C13H16N2O2S. The highest BCUT2D eigenvalue weighted by atomic mass is 32.2. The van der Waals surface area contributed by atoms with E-state index in [4.69, 9.17) is 5.26 Å². The topological polar surface area (TPSA) is 70.0 Å². The first-order chi connectivity index (χ1) is 8.53. The van der Waals surface area contributed by atoms with E-state index in [0.29, 0.717) is 11.5 Å². The first-order valence-corrected chi connectivity index (χ1v) is 7.54. The van der Waals surface area contributed by atoms with Crippen molar-refractivity contribution < 1.29 is 8.42 Å². The summed E-state index contributed by atoms with van der Waals surface area (Å²) in [7, 11) is -3.51. The molecule has 0 aliphatic heterocycles. The van der Waals surface area contributed by atoms with Crippen LogP contribution in [0, 0.1) is 17.2 Å². The third-order valence-corrected chi connectivity index (χ3v) is 4.93. The van der Waals surface area contributed by atoms with Crippen molar-refractivity contribution in [1.29, 1.82) is 5.26 Å². The molecule has 0 amide bonds. The minimum atomic E-state index is -3.51. The Bertz CT molecular complexity index is 575. The fraction of sp³-hybridized carbons (Fsp3) is 0.462. The summed E-state index contributed by atoms with van der Waals surface area (Å²) in [5.74, 6) is 0.374. The van der Waals surface area contributed by atoms with E-state index in [0.717, 1.165) is 19.3 Å². The molecule has 0 saturated heterocycles. The Labute approximate surface area is 108 Å². The van der Waals surface area contributed by atoms with Gasteiger partial charge in [-0.25, -0.2) is 13.1 Å². The number of hydrogen-bond acceptors (Lipinski definition) is 3. The molecule has 18 heavy (non-hydrogen) atoms. The van der Waals surface area contributed by atoms with Gasteiger partial charge >= 0.3 is 0 Å². The lowest BCUT2D eigenvalue weighted by molar-refractivity contribution is 0.476. The van der Waals surface area contributed by atoms with Crippen LogP contribution < -0.4 is 4.72 Å². The highest BCUT2D eigenvalue weighted by Gasteiger charge is 2.28. The Kier molecular flexibility index (Phi) is 3.69. The number of nitrogens with one attached hydrogen (secondary N) is 1. The summed E-state index contributed by atoms with van der Waals surface area (Å²) in [6, 6.07) is 8.07. The number of nitriles is 1. The van der Waals surface area contributed by atoms with E-state index >= 15 is 0 Å². The molecule has 5 heteroatoms. The maximum absolute atomic E-state index is 12.2. The Morgan fingerprint density at radius 1 is 1.39 bits per heavy atom. The minimum Gasteiger partial charge on any atom is -0.208 e. The molecule has 96 valence electrons.